The summed E-state index contributed by atoms with van der Waals surface area (Å²) in [6, 6.07) is 5.82. The Hall–Kier alpha value is -2.08. The number of hydrogen-bond acceptors (Lipinski definition) is 3. The first kappa shape index (κ1) is 18.3. The maximum Gasteiger partial charge on any atom is 0.321 e. The van der Waals surface area contributed by atoms with E-state index >= 15 is 0 Å². The number of rotatable bonds is 6. The molecule has 0 heterocycles. The van der Waals surface area contributed by atoms with Gasteiger partial charge in [-0.25, -0.2) is 4.79 Å². The predicted molar refractivity (Wildman–Crippen MR) is 92.1 cm³/mol. The van der Waals surface area contributed by atoms with Crippen molar-refractivity contribution in [1.82, 2.24) is 10.6 Å². The van der Waals surface area contributed by atoms with Crippen LogP contribution in [0, 0.1) is 6.92 Å². The van der Waals surface area contributed by atoms with Gasteiger partial charge in [0.2, 0.25) is 0 Å². The monoisotopic (exact) mass is 334 g/mol. The fourth-order valence-corrected chi connectivity index (χ4v) is 3.17. The number of likely N-dealkylation sites (N-methyl/N-ethyl adjacent to an activating group) is 1. The van der Waals surface area contributed by atoms with Gasteiger partial charge in [-0.05, 0) is 31.9 Å². The number of carbonyl (C=O) groups is 2. The van der Waals surface area contributed by atoms with Crippen LogP contribution in [0.2, 0.25) is 0 Å². The summed E-state index contributed by atoms with van der Waals surface area (Å²) in [5.74, 6) is 0.550. The molecule has 6 heteroatoms. The van der Waals surface area contributed by atoms with Crippen LogP contribution in [0.3, 0.4) is 0 Å². The number of nitrogens with one attached hydrogen (secondary N) is 3. The molecule has 3 amide bonds. The molecule has 6 nitrogen and oxygen atoms in total. The van der Waals surface area contributed by atoms with E-state index in [0.717, 1.165) is 47.5 Å². The number of methoxy groups -OCH3 is 1. The molecular weight excluding hydrogens is 306 g/mol. The molecule has 3 N–H and O–H groups in total. The van der Waals surface area contributed by atoms with E-state index in [1.165, 1.54) is 0 Å². The Bertz CT molecular complexity index is 583. The Morgan fingerprint density at radius 2 is 2.00 bits per heavy atom. The molecule has 1 unspecified atom stereocenters. The van der Waals surface area contributed by atoms with Gasteiger partial charge in [0.05, 0.1) is 14.2 Å². The third-order valence-electron chi connectivity index (χ3n) is 4.33. The number of ether oxygens (including phenoxy) is 1. The number of amides is 3. The van der Waals surface area contributed by atoms with Crippen LogP contribution >= 0.6 is 0 Å². The highest BCUT2D eigenvalue weighted by molar-refractivity contribution is 5.94. The number of urea groups is 1. The maximum absolute atomic E-state index is 12.0. The first-order valence-electron chi connectivity index (χ1n) is 8.53. The van der Waals surface area contributed by atoms with E-state index in [1.807, 2.05) is 26.1 Å². The molecule has 1 saturated carbocycles. The molecule has 1 aliphatic rings. The minimum atomic E-state index is -0.382. The van der Waals surface area contributed by atoms with Crippen molar-refractivity contribution in [3.05, 3.63) is 29.3 Å². The van der Waals surface area contributed by atoms with E-state index < -0.39 is 0 Å². The van der Waals surface area contributed by atoms with Crippen LogP contribution < -0.4 is 20.3 Å². The van der Waals surface area contributed by atoms with Crippen molar-refractivity contribution in [2.75, 3.05) is 20.7 Å². The van der Waals surface area contributed by atoms with E-state index in [1.54, 1.807) is 7.11 Å². The lowest BCUT2D eigenvalue weighted by molar-refractivity contribution is -0.885. The number of quaternary nitrogens is 1. The number of aryl methyl sites for hydroxylation is 1. The molecule has 0 aromatic heterocycles. The molecule has 0 aliphatic heterocycles. The Balaban J connectivity index is 1.80. The van der Waals surface area contributed by atoms with Gasteiger partial charge < -0.3 is 15.0 Å². The number of imide groups is 1. The van der Waals surface area contributed by atoms with Crippen molar-refractivity contribution < 1.29 is 19.2 Å². The first-order valence-corrected chi connectivity index (χ1v) is 8.53. The smallest absolute Gasteiger partial charge is 0.321 e. The van der Waals surface area contributed by atoms with Crippen LogP contribution in [-0.4, -0.2) is 38.7 Å². The lowest BCUT2D eigenvalue weighted by Gasteiger charge is -2.17. The number of carbonyl (C=O) groups excluding carboxylic acids is 2. The Kier molecular flexibility index (Phi) is 6.61. The zero-order valence-corrected chi connectivity index (χ0v) is 14.8. The topological polar surface area (TPSA) is 71.9 Å². The highest BCUT2D eigenvalue weighted by atomic mass is 16.5. The quantitative estimate of drug-likeness (QED) is 0.720. The first-order chi connectivity index (χ1) is 11.5. The molecule has 2 rings (SSSR count). The van der Waals surface area contributed by atoms with Crippen molar-refractivity contribution >= 4 is 11.9 Å². The Labute approximate surface area is 143 Å². The van der Waals surface area contributed by atoms with Gasteiger partial charge in [0.1, 0.15) is 12.3 Å². The Morgan fingerprint density at radius 3 is 2.67 bits per heavy atom. The van der Waals surface area contributed by atoms with Crippen LogP contribution in [0.25, 0.3) is 0 Å². The summed E-state index contributed by atoms with van der Waals surface area (Å²) in [4.78, 5) is 24.8. The van der Waals surface area contributed by atoms with E-state index in [9.17, 15) is 9.59 Å². The van der Waals surface area contributed by atoms with Crippen LogP contribution in [0.1, 0.15) is 36.8 Å². The Morgan fingerprint density at radius 1 is 1.29 bits per heavy atom. The van der Waals surface area contributed by atoms with Crippen LogP contribution in [-0.2, 0) is 11.3 Å². The summed E-state index contributed by atoms with van der Waals surface area (Å²) in [5.41, 5.74) is 2.21. The fraction of sp³-hybridized carbons (Fsp3) is 0.556. The maximum atomic E-state index is 12.0. The number of hydrogen-bond donors (Lipinski definition) is 3. The van der Waals surface area contributed by atoms with Crippen molar-refractivity contribution in [1.29, 1.82) is 0 Å². The minimum Gasteiger partial charge on any atom is -0.496 e. The lowest BCUT2D eigenvalue weighted by atomic mass is 10.1. The van der Waals surface area contributed by atoms with Crippen LogP contribution in [0.4, 0.5) is 4.79 Å². The molecule has 0 spiro atoms. The highest BCUT2D eigenvalue weighted by Gasteiger charge is 2.20. The summed E-state index contributed by atoms with van der Waals surface area (Å²) in [5, 5.41) is 5.28. The minimum absolute atomic E-state index is 0.208. The average Bonchev–Trinajstić information content (AvgIpc) is 2.99. The molecular formula is C18H28N3O3+. The molecule has 1 aromatic rings. The van der Waals surface area contributed by atoms with Crippen LogP contribution in [0.15, 0.2) is 18.2 Å². The van der Waals surface area contributed by atoms with Gasteiger partial charge in [0.15, 0.2) is 6.54 Å². The molecule has 1 atom stereocenters. The summed E-state index contributed by atoms with van der Waals surface area (Å²) in [6.45, 7) is 2.91. The summed E-state index contributed by atoms with van der Waals surface area (Å²) in [7, 11) is 3.57. The van der Waals surface area contributed by atoms with Gasteiger partial charge in [-0.3, -0.25) is 10.1 Å². The van der Waals surface area contributed by atoms with Crippen molar-refractivity contribution in [2.45, 2.75) is 45.2 Å². The second kappa shape index (κ2) is 8.68. The standard InChI is InChI=1S/C18H27N3O3/c1-13-8-9-16(24-3)14(10-13)11-21(2)12-17(22)20-18(23)19-15-6-4-5-7-15/h8-10,15H,4-7,11-12H2,1-3H3,(H2,19,20,22,23)/p+1. The SMILES string of the molecule is COc1ccc(C)cc1C[NH+](C)CC(=O)NC(=O)NC1CCCC1. The second-order valence-electron chi connectivity index (χ2n) is 6.63. The molecule has 1 aromatic carbocycles. The van der Waals surface area contributed by atoms with Gasteiger partial charge in [-0.15, -0.1) is 0 Å². The molecule has 0 bridgehead atoms. The molecule has 0 radical (unpaired) electrons. The van der Waals surface area contributed by atoms with Gasteiger partial charge in [-0.2, -0.15) is 0 Å². The average molecular weight is 334 g/mol. The zero-order valence-electron chi connectivity index (χ0n) is 14.8. The molecule has 24 heavy (non-hydrogen) atoms. The summed E-state index contributed by atoms with van der Waals surface area (Å²) < 4.78 is 5.37. The molecule has 132 valence electrons. The normalized spacial score (nSPS) is 15.8. The highest BCUT2D eigenvalue weighted by Crippen LogP contribution is 2.18. The molecule has 1 aliphatic carbocycles. The van der Waals surface area contributed by atoms with E-state index in [-0.39, 0.29) is 24.5 Å². The van der Waals surface area contributed by atoms with Gasteiger partial charge in [0, 0.05) is 11.6 Å². The van der Waals surface area contributed by atoms with Crippen molar-refractivity contribution in [3.63, 3.8) is 0 Å². The lowest BCUT2D eigenvalue weighted by Crippen LogP contribution is -3.09. The van der Waals surface area contributed by atoms with Crippen molar-refractivity contribution in [3.8, 4) is 5.75 Å². The third kappa shape index (κ3) is 5.53. The summed E-state index contributed by atoms with van der Waals surface area (Å²) >= 11 is 0. The molecule has 0 saturated heterocycles. The van der Waals surface area contributed by atoms with Gasteiger partial charge in [0.25, 0.3) is 5.91 Å². The van der Waals surface area contributed by atoms with E-state index in [0.29, 0.717) is 6.54 Å². The third-order valence-corrected chi connectivity index (χ3v) is 4.33. The summed E-state index contributed by atoms with van der Waals surface area (Å²) in [6.07, 6.45) is 4.29. The van der Waals surface area contributed by atoms with Gasteiger partial charge in [-0.1, -0.05) is 24.5 Å². The predicted octanol–water partition coefficient (Wildman–Crippen LogP) is 0.787. The van der Waals surface area contributed by atoms with Crippen LogP contribution in [0.5, 0.6) is 5.75 Å². The fourth-order valence-electron chi connectivity index (χ4n) is 3.17. The zero-order chi connectivity index (χ0) is 17.5. The van der Waals surface area contributed by atoms with E-state index in [2.05, 4.69) is 16.7 Å². The van der Waals surface area contributed by atoms with E-state index in [4.69, 9.17) is 4.74 Å². The second-order valence-corrected chi connectivity index (χ2v) is 6.63. The molecule has 1 fully saturated rings. The van der Waals surface area contributed by atoms with Crippen molar-refractivity contribution in [2.24, 2.45) is 0 Å². The number of benzene rings is 1. The largest absolute Gasteiger partial charge is 0.496 e. The van der Waals surface area contributed by atoms with Gasteiger partial charge >= 0.3 is 6.03 Å².